The van der Waals surface area contributed by atoms with E-state index >= 15 is 0 Å². The third kappa shape index (κ3) is 8.55. The lowest BCUT2D eigenvalue weighted by Gasteiger charge is -2.22. The molecule has 0 aromatic heterocycles. The zero-order valence-corrected chi connectivity index (χ0v) is 36.4. The molecule has 2 aliphatic carbocycles. The quantitative estimate of drug-likeness (QED) is 0.113. The third-order valence-corrected chi connectivity index (χ3v) is 11.2. The topological polar surface area (TPSA) is 83.1 Å². The van der Waals surface area contributed by atoms with E-state index in [-0.39, 0.29) is 11.8 Å². The van der Waals surface area contributed by atoms with E-state index in [1.165, 1.54) is 11.1 Å². The van der Waals surface area contributed by atoms with Gasteiger partial charge >= 0.3 is 0 Å². The maximum Gasteiger partial charge on any atom is 0.127 e. The van der Waals surface area contributed by atoms with Crippen molar-refractivity contribution in [2.24, 2.45) is 0 Å². The van der Waals surface area contributed by atoms with Gasteiger partial charge in [0.2, 0.25) is 0 Å². The highest BCUT2D eigenvalue weighted by Gasteiger charge is 2.34. The van der Waals surface area contributed by atoms with Crippen LogP contribution < -0.4 is 42.6 Å². The molecule has 2 atom stereocenters. The maximum absolute atomic E-state index is 5.79. The van der Waals surface area contributed by atoms with E-state index in [1.807, 2.05) is 66.7 Å². The number of allylic oxidation sites excluding steroid dienone is 2. The van der Waals surface area contributed by atoms with Crippen LogP contribution in [0.5, 0.6) is 51.7 Å². The van der Waals surface area contributed by atoms with Crippen molar-refractivity contribution < 1.29 is 42.6 Å². The predicted molar refractivity (Wildman–Crippen MR) is 242 cm³/mol. The van der Waals surface area contributed by atoms with Crippen LogP contribution in [0.25, 0.3) is 23.3 Å². The standard InChI is InChI=1S/C26H26O5.C26H26O4/c1-27-19-8-6-16(7-9-19)23-13-18-12-22(30-4)15-24(31-5)26(18)25(23)17-10-20(28-2)14-21(11-17)29-3;1-16-10-18(12-21(11-16)28-3)23-14-19-13-22(29-4)15-24(30-5)26(19)25(23)17-6-8-20(27-2)9-7-17/h6-15,25H,1-5H3;6-15,25H,1-5H3/t2*25-/m11/s1. The van der Waals surface area contributed by atoms with Crippen molar-refractivity contribution in [2.75, 3.05) is 64.0 Å². The van der Waals surface area contributed by atoms with Gasteiger partial charge in [-0.05, 0) is 130 Å². The molecule has 6 aromatic carbocycles. The SMILES string of the molecule is COc1ccc(C2=Cc3cc(OC)cc(OC)c3[C@@H]2c2cc(OC)cc(OC)c2)cc1.COc1ccc([C@@H]2C(c3cc(C)cc(OC)c3)=Cc3cc(OC)cc(OC)c32)cc1. The third-order valence-electron chi connectivity index (χ3n) is 11.2. The number of rotatable bonds is 13. The summed E-state index contributed by atoms with van der Waals surface area (Å²) in [5.41, 5.74) is 12.3. The van der Waals surface area contributed by atoms with E-state index in [0.29, 0.717) is 0 Å². The van der Waals surface area contributed by atoms with Gasteiger partial charge in [-0.2, -0.15) is 0 Å². The Bertz CT molecular complexity index is 2550. The minimum atomic E-state index is -0.0618. The van der Waals surface area contributed by atoms with Gasteiger partial charge in [-0.25, -0.2) is 0 Å². The summed E-state index contributed by atoms with van der Waals surface area (Å²) >= 11 is 0. The second-order valence-electron chi connectivity index (χ2n) is 14.6. The minimum absolute atomic E-state index is 0.0262. The monoisotopic (exact) mass is 820 g/mol. The zero-order chi connectivity index (χ0) is 43.2. The van der Waals surface area contributed by atoms with Gasteiger partial charge in [0.05, 0.1) is 64.0 Å². The molecule has 9 nitrogen and oxygen atoms in total. The minimum Gasteiger partial charge on any atom is -0.497 e. The molecule has 314 valence electrons. The molecule has 0 bridgehead atoms. The molecule has 0 amide bonds. The molecule has 0 radical (unpaired) electrons. The number of fused-ring (bicyclic) bond motifs is 2. The summed E-state index contributed by atoms with van der Waals surface area (Å²) in [5.74, 6) is 7.07. The molecule has 9 heteroatoms. The Hall–Kier alpha value is -7.00. The van der Waals surface area contributed by atoms with Crippen molar-refractivity contribution in [3.05, 3.63) is 159 Å². The van der Waals surface area contributed by atoms with E-state index in [2.05, 4.69) is 61.5 Å². The highest BCUT2D eigenvalue weighted by atomic mass is 16.5. The fourth-order valence-corrected chi connectivity index (χ4v) is 8.29. The van der Waals surface area contributed by atoms with Crippen LogP contribution in [0.15, 0.2) is 109 Å². The maximum atomic E-state index is 5.79. The van der Waals surface area contributed by atoms with Crippen LogP contribution in [0.4, 0.5) is 0 Å². The molecule has 0 spiro atoms. The fraction of sp³-hybridized carbons (Fsp3) is 0.231. The summed E-state index contributed by atoms with van der Waals surface area (Å²) in [6.07, 6.45) is 4.42. The molecule has 0 saturated carbocycles. The molecular formula is C52H52O9. The second-order valence-corrected chi connectivity index (χ2v) is 14.6. The highest BCUT2D eigenvalue weighted by Crippen LogP contribution is 2.53. The Morgan fingerprint density at radius 3 is 1.20 bits per heavy atom. The van der Waals surface area contributed by atoms with Crippen LogP contribution in [0.2, 0.25) is 0 Å². The van der Waals surface area contributed by atoms with Crippen molar-refractivity contribution in [1.82, 2.24) is 0 Å². The molecule has 0 aliphatic heterocycles. The van der Waals surface area contributed by atoms with E-state index in [0.717, 1.165) is 102 Å². The fourth-order valence-electron chi connectivity index (χ4n) is 8.29. The number of aryl methyl sites for hydroxylation is 1. The largest absolute Gasteiger partial charge is 0.497 e. The van der Waals surface area contributed by atoms with Gasteiger partial charge in [0.1, 0.15) is 51.7 Å². The Morgan fingerprint density at radius 2 is 0.738 bits per heavy atom. The Balaban J connectivity index is 0.000000184. The average Bonchev–Trinajstić information content (AvgIpc) is 3.90. The highest BCUT2D eigenvalue weighted by molar-refractivity contribution is 5.96. The number of hydrogen-bond donors (Lipinski definition) is 0. The lowest BCUT2D eigenvalue weighted by molar-refractivity contribution is 0.389. The van der Waals surface area contributed by atoms with Gasteiger partial charge in [-0.15, -0.1) is 0 Å². The van der Waals surface area contributed by atoms with Crippen LogP contribution in [0.1, 0.15) is 61.9 Å². The summed E-state index contributed by atoms with van der Waals surface area (Å²) in [5, 5.41) is 0. The molecule has 6 aromatic rings. The van der Waals surface area contributed by atoms with Crippen LogP contribution >= 0.6 is 0 Å². The van der Waals surface area contributed by atoms with Crippen molar-refractivity contribution in [3.8, 4) is 51.7 Å². The summed E-state index contributed by atoms with van der Waals surface area (Å²) in [7, 11) is 15.1. The normalized spacial score (nSPS) is 14.6. The Labute approximate surface area is 358 Å². The van der Waals surface area contributed by atoms with Crippen LogP contribution in [-0.2, 0) is 0 Å². The van der Waals surface area contributed by atoms with Crippen LogP contribution in [0.3, 0.4) is 0 Å². The smallest absolute Gasteiger partial charge is 0.127 e. The van der Waals surface area contributed by atoms with Crippen LogP contribution in [-0.4, -0.2) is 64.0 Å². The first-order valence-corrected chi connectivity index (χ1v) is 19.8. The zero-order valence-electron chi connectivity index (χ0n) is 36.4. The van der Waals surface area contributed by atoms with Gasteiger partial charge in [0.15, 0.2) is 0 Å². The number of methoxy groups -OCH3 is 9. The second kappa shape index (κ2) is 18.5. The molecule has 0 unspecified atom stereocenters. The number of hydrogen-bond acceptors (Lipinski definition) is 9. The van der Waals surface area contributed by atoms with Crippen molar-refractivity contribution in [1.29, 1.82) is 0 Å². The van der Waals surface area contributed by atoms with Gasteiger partial charge in [0, 0.05) is 41.2 Å². The Morgan fingerprint density at radius 1 is 0.328 bits per heavy atom. The first kappa shape index (κ1) is 42.1. The first-order valence-electron chi connectivity index (χ1n) is 19.8. The van der Waals surface area contributed by atoms with E-state index < -0.39 is 0 Å². The van der Waals surface area contributed by atoms with E-state index in [9.17, 15) is 0 Å². The molecule has 0 N–H and O–H groups in total. The molecule has 2 aliphatic rings. The van der Waals surface area contributed by atoms with E-state index in [4.69, 9.17) is 42.6 Å². The van der Waals surface area contributed by atoms with Gasteiger partial charge < -0.3 is 42.6 Å². The first-order chi connectivity index (χ1) is 29.7. The molecule has 0 heterocycles. The summed E-state index contributed by atoms with van der Waals surface area (Å²) in [6, 6.07) is 36.6. The van der Waals surface area contributed by atoms with Crippen molar-refractivity contribution >= 4 is 23.3 Å². The molecule has 8 rings (SSSR count). The van der Waals surface area contributed by atoms with Gasteiger partial charge in [0.25, 0.3) is 0 Å². The number of ether oxygens (including phenoxy) is 9. The summed E-state index contributed by atoms with van der Waals surface area (Å²) in [4.78, 5) is 0. The summed E-state index contributed by atoms with van der Waals surface area (Å²) < 4.78 is 49.9. The average molecular weight is 821 g/mol. The molecule has 0 fully saturated rings. The predicted octanol–water partition coefficient (Wildman–Crippen LogP) is 11.1. The lowest BCUT2D eigenvalue weighted by atomic mass is 9.84. The van der Waals surface area contributed by atoms with Gasteiger partial charge in [-0.1, -0.05) is 30.3 Å². The molecule has 61 heavy (non-hydrogen) atoms. The molecule has 0 saturated heterocycles. The van der Waals surface area contributed by atoms with Gasteiger partial charge in [-0.3, -0.25) is 0 Å². The molecular weight excluding hydrogens is 769 g/mol. The van der Waals surface area contributed by atoms with Crippen LogP contribution in [0, 0.1) is 6.92 Å². The summed E-state index contributed by atoms with van der Waals surface area (Å²) in [6.45, 7) is 2.08. The van der Waals surface area contributed by atoms with Crippen molar-refractivity contribution in [2.45, 2.75) is 18.8 Å². The van der Waals surface area contributed by atoms with Crippen molar-refractivity contribution in [3.63, 3.8) is 0 Å². The lowest BCUT2D eigenvalue weighted by Crippen LogP contribution is -2.05. The Kier molecular flexibility index (Phi) is 12.8. The van der Waals surface area contributed by atoms with E-state index in [1.54, 1.807) is 64.0 Å². The number of benzene rings is 6.